The Bertz CT molecular complexity index is 1160. The Kier molecular flexibility index (Phi) is 5.21. The van der Waals surface area contributed by atoms with Gasteiger partial charge in [0.15, 0.2) is 11.5 Å². The lowest BCUT2D eigenvalue weighted by atomic mass is 10.1. The average Bonchev–Trinajstić information content (AvgIpc) is 3.09. The zero-order valence-electron chi connectivity index (χ0n) is 14.8. The van der Waals surface area contributed by atoms with Crippen LogP contribution >= 0.6 is 15.9 Å². The monoisotopic (exact) mass is 438 g/mol. The minimum absolute atomic E-state index is 0.200. The van der Waals surface area contributed by atoms with Gasteiger partial charge in [-0.3, -0.25) is 4.79 Å². The molecule has 0 bridgehead atoms. The molecule has 0 aliphatic heterocycles. The number of nitrogens with zero attached hydrogens (tertiary/aromatic N) is 1. The molecule has 0 radical (unpaired) electrons. The lowest BCUT2D eigenvalue weighted by molar-refractivity contribution is 0.0951. The van der Waals surface area contributed by atoms with Crippen molar-refractivity contribution in [3.05, 3.63) is 99.6 Å². The molecule has 1 aromatic heterocycles. The van der Waals surface area contributed by atoms with E-state index < -0.39 is 0 Å². The molecule has 0 aliphatic carbocycles. The van der Waals surface area contributed by atoms with Gasteiger partial charge in [0.1, 0.15) is 11.3 Å². The molecule has 140 valence electrons. The largest absolute Gasteiger partial charge is 0.440 e. The highest BCUT2D eigenvalue weighted by molar-refractivity contribution is 9.10. The molecule has 0 spiro atoms. The molecule has 1 N–H and O–H groups in total. The minimum Gasteiger partial charge on any atom is -0.440 e. The summed E-state index contributed by atoms with van der Waals surface area (Å²) in [4.78, 5) is 16.8. The first-order valence-corrected chi connectivity index (χ1v) is 9.53. The molecule has 4 nitrogen and oxygen atoms in total. The normalized spacial score (nSPS) is 10.9. The molecular formula is C22H16BrFN2O2. The number of aromatic nitrogens is 1. The Morgan fingerprint density at radius 1 is 1.07 bits per heavy atom. The maximum atomic E-state index is 13.8. The van der Waals surface area contributed by atoms with Gasteiger partial charge in [-0.2, -0.15) is 0 Å². The van der Waals surface area contributed by atoms with Gasteiger partial charge in [0.2, 0.25) is 0 Å². The van der Waals surface area contributed by atoms with Crippen molar-refractivity contribution in [1.82, 2.24) is 10.3 Å². The van der Waals surface area contributed by atoms with Crippen molar-refractivity contribution >= 4 is 32.9 Å². The van der Waals surface area contributed by atoms with Crippen molar-refractivity contribution in [1.29, 1.82) is 0 Å². The third-order valence-corrected chi connectivity index (χ3v) is 4.83. The summed E-state index contributed by atoms with van der Waals surface area (Å²) in [5.41, 5.74) is 3.13. The van der Waals surface area contributed by atoms with Gasteiger partial charge < -0.3 is 9.73 Å². The maximum absolute atomic E-state index is 13.8. The highest BCUT2D eigenvalue weighted by Crippen LogP contribution is 2.20. The number of halogens is 2. The van der Waals surface area contributed by atoms with Crippen molar-refractivity contribution in [3.8, 4) is 0 Å². The predicted molar refractivity (Wildman–Crippen MR) is 109 cm³/mol. The van der Waals surface area contributed by atoms with E-state index in [2.05, 4.69) is 26.2 Å². The van der Waals surface area contributed by atoms with Crippen molar-refractivity contribution in [2.45, 2.75) is 13.0 Å². The highest BCUT2D eigenvalue weighted by atomic mass is 79.9. The van der Waals surface area contributed by atoms with E-state index in [1.165, 1.54) is 6.07 Å². The SMILES string of the molecule is O=C(NCc1cccc(Br)c1)c1ccc2nc(Cc3ccccc3F)oc2c1. The molecule has 1 amide bonds. The van der Waals surface area contributed by atoms with Crippen LogP contribution in [0.25, 0.3) is 11.1 Å². The Hall–Kier alpha value is -2.99. The van der Waals surface area contributed by atoms with Crippen molar-refractivity contribution < 1.29 is 13.6 Å². The van der Waals surface area contributed by atoms with E-state index in [0.717, 1.165) is 10.0 Å². The van der Waals surface area contributed by atoms with E-state index in [-0.39, 0.29) is 18.1 Å². The fraction of sp³-hybridized carbons (Fsp3) is 0.0909. The molecule has 0 atom stereocenters. The molecular weight excluding hydrogens is 423 g/mol. The second-order valence-corrected chi connectivity index (χ2v) is 7.29. The van der Waals surface area contributed by atoms with Crippen LogP contribution in [0.2, 0.25) is 0 Å². The van der Waals surface area contributed by atoms with Gasteiger partial charge in [-0.25, -0.2) is 9.37 Å². The number of nitrogens with one attached hydrogen (secondary N) is 1. The summed E-state index contributed by atoms with van der Waals surface area (Å²) in [6, 6.07) is 19.4. The van der Waals surface area contributed by atoms with Gasteiger partial charge in [-0.1, -0.05) is 46.3 Å². The van der Waals surface area contributed by atoms with Crippen LogP contribution in [0.5, 0.6) is 0 Å². The topological polar surface area (TPSA) is 55.1 Å². The maximum Gasteiger partial charge on any atom is 0.251 e. The van der Waals surface area contributed by atoms with E-state index in [0.29, 0.717) is 34.7 Å². The van der Waals surface area contributed by atoms with Crippen LogP contribution in [0.15, 0.2) is 75.6 Å². The number of carbonyl (C=O) groups is 1. The number of rotatable bonds is 5. The van der Waals surface area contributed by atoms with Crippen molar-refractivity contribution in [2.24, 2.45) is 0 Å². The van der Waals surface area contributed by atoms with E-state index in [9.17, 15) is 9.18 Å². The molecule has 0 saturated heterocycles. The highest BCUT2D eigenvalue weighted by Gasteiger charge is 2.12. The second-order valence-electron chi connectivity index (χ2n) is 6.37. The van der Waals surface area contributed by atoms with Crippen LogP contribution in [0.3, 0.4) is 0 Å². The number of amides is 1. The van der Waals surface area contributed by atoms with Gasteiger partial charge in [-0.05, 0) is 47.5 Å². The van der Waals surface area contributed by atoms with Crippen molar-refractivity contribution in [2.75, 3.05) is 0 Å². The minimum atomic E-state index is -0.294. The first-order valence-electron chi connectivity index (χ1n) is 8.74. The molecule has 4 aromatic rings. The number of hydrogen-bond donors (Lipinski definition) is 1. The van der Waals surface area contributed by atoms with Crippen LogP contribution in [0, 0.1) is 5.82 Å². The summed E-state index contributed by atoms with van der Waals surface area (Å²) in [5.74, 6) is -0.0851. The Morgan fingerprint density at radius 3 is 2.75 bits per heavy atom. The Balaban J connectivity index is 1.49. The van der Waals surface area contributed by atoms with Gasteiger partial charge in [-0.15, -0.1) is 0 Å². The number of carbonyl (C=O) groups excluding carboxylic acids is 1. The van der Waals surface area contributed by atoms with Gasteiger partial charge >= 0.3 is 0 Å². The van der Waals surface area contributed by atoms with Crippen LogP contribution in [-0.2, 0) is 13.0 Å². The van der Waals surface area contributed by atoms with E-state index >= 15 is 0 Å². The lowest BCUT2D eigenvalue weighted by Gasteiger charge is -2.05. The molecule has 0 unspecified atom stereocenters. The molecule has 6 heteroatoms. The van der Waals surface area contributed by atoms with Gasteiger partial charge in [0.25, 0.3) is 5.91 Å². The third-order valence-electron chi connectivity index (χ3n) is 4.34. The zero-order chi connectivity index (χ0) is 19.5. The first-order chi connectivity index (χ1) is 13.6. The average molecular weight is 439 g/mol. The third kappa shape index (κ3) is 4.12. The molecule has 0 aliphatic rings. The Morgan fingerprint density at radius 2 is 1.93 bits per heavy atom. The number of benzene rings is 3. The Labute approximate surface area is 169 Å². The number of fused-ring (bicyclic) bond motifs is 1. The summed E-state index contributed by atoms with van der Waals surface area (Å²) >= 11 is 3.42. The fourth-order valence-electron chi connectivity index (χ4n) is 2.93. The van der Waals surface area contributed by atoms with Crippen molar-refractivity contribution in [3.63, 3.8) is 0 Å². The van der Waals surface area contributed by atoms with E-state index in [4.69, 9.17) is 4.42 Å². The summed E-state index contributed by atoms with van der Waals surface area (Å²) in [6.07, 6.45) is 0.256. The molecule has 3 aromatic carbocycles. The van der Waals surface area contributed by atoms with Crippen LogP contribution in [0.4, 0.5) is 4.39 Å². The van der Waals surface area contributed by atoms with Gasteiger partial charge in [0.05, 0.1) is 6.42 Å². The quantitative estimate of drug-likeness (QED) is 0.462. The molecule has 0 fully saturated rings. The summed E-state index contributed by atoms with van der Waals surface area (Å²) < 4.78 is 20.5. The second kappa shape index (κ2) is 7.94. The first kappa shape index (κ1) is 18.4. The van der Waals surface area contributed by atoms with Crippen LogP contribution < -0.4 is 5.32 Å². The number of oxazole rings is 1. The molecule has 4 rings (SSSR count). The van der Waals surface area contributed by atoms with Crippen LogP contribution in [-0.4, -0.2) is 10.9 Å². The van der Waals surface area contributed by atoms with Gasteiger partial charge in [0, 0.05) is 16.6 Å². The van der Waals surface area contributed by atoms with Crippen LogP contribution in [0.1, 0.15) is 27.4 Å². The molecule has 0 saturated carbocycles. The molecule has 28 heavy (non-hydrogen) atoms. The molecule has 1 heterocycles. The number of hydrogen-bond acceptors (Lipinski definition) is 3. The summed E-state index contributed by atoms with van der Waals surface area (Å²) in [5, 5.41) is 2.89. The van der Waals surface area contributed by atoms with E-state index in [1.54, 1.807) is 36.4 Å². The lowest BCUT2D eigenvalue weighted by Crippen LogP contribution is -2.22. The smallest absolute Gasteiger partial charge is 0.251 e. The predicted octanol–water partition coefficient (Wildman–Crippen LogP) is 5.25. The summed E-state index contributed by atoms with van der Waals surface area (Å²) in [6.45, 7) is 0.422. The summed E-state index contributed by atoms with van der Waals surface area (Å²) in [7, 11) is 0. The fourth-order valence-corrected chi connectivity index (χ4v) is 3.37. The zero-order valence-corrected chi connectivity index (χ0v) is 16.4. The standard InChI is InChI=1S/C22H16BrFN2O2/c23-17-6-3-4-14(10-17)13-25-22(27)16-8-9-19-20(11-16)28-21(26-19)12-15-5-1-2-7-18(15)24/h1-11H,12-13H2,(H,25,27). The van der Waals surface area contributed by atoms with E-state index in [1.807, 2.05) is 24.3 Å².